The molecule has 0 fully saturated rings. The molecule has 0 saturated heterocycles. The Morgan fingerprint density at radius 3 is 2.12 bits per heavy atom. The minimum absolute atomic E-state index is 0.883. The van der Waals surface area contributed by atoms with Crippen molar-refractivity contribution in [1.82, 2.24) is 9.97 Å². The highest BCUT2D eigenvalue weighted by atomic mass is 15.1. The summed E-state index contributed by atoms with van der Waals surface area (Å²) < 4.78 is 0. The van der Waals surface area contributed by atoms with Crippen LogP contribution >= 0.6 is 0 Å². The Balaban J connectivity index is 2.11. The zero-order valence-corrected chi connectivity index (χ0v) is 9.59. The lowest BCUT2D eigenvalue weighted by atomic mass is 10.1. The molecule has 0 aliphatic rings. The average molecular weight is 213 g/mol. The van der Waals surface area contributed by atoms with Gasteiger partial charge in [0.05, 0.1) is 0 Å². The zero-order chi connectivity index (χ0) is 11.4. The number of hydrogen-bond acceptors (Lipinski definition) is 3. The number of benzene rings is 1. The number of rotatable bonds is 3. The summed E-state index contributed by atoms with van der Waals surface area (Å²) in [6.07, 6.45) is 6.15. The number of nitrogens with zero attached hydrogens (tertiary/aromatic N) is 3. The van der Waals surface area contributed by atoms with Crippen LogP contribution in [0.4, 0.5) is 5.69 Å². The molecule has 0 spiro atoms. The lowest BCUT2D eigenvalue weighted by Crippen LogP contribution is -2.08. The molecule has 0 bridgehead atoms. The van der Waals surface area contributed by atoms with Gasteiger partial charge in [0.1, 0.15) is 6.33 Å². The fourth-order valence-electron chi connectivity index (χ4n) is 1.57. The van der Waals surface area contributed by atoms with Crippen LogP contribution in [0.2, 0.25) is 0 Å². The molecule has 0 radical (unpaired) electrons. The van der Waals surface area contributed by atoms with E-state index >= 15 is 0 Å². The quantitative estimate of drug-likeness (QED) is 0.782. The molecule has 1 aromatic heterocycles. The Labute approximate surface area is 95.8 Å². The van der Waals surface area contributed by atoms with Gasteiger partial charge in [0.15, 0.2) is 0 Å². The van der Waals surface area contributed by atoms with Crippen molar-refractivity contribution in [2.75, 3.05) is 19.0 Å². The monoisotopic (exact) mass is 213 g/mol. The molecule has 2 rings (SSSR count). The van der Waals surface area contributed by atoms with E-state index in [2.05, 4.69) is 39.1 Å². The first-order valence-corrected chi connectivity index (χ1v) is 5.26. The first-order valence-electron chi connectivity index (χ1n) is 5.26. The Morgan fingerprint density at radius 2 is 1.56 bits per heavy atom. The first-order chi connectivity index (χ1) is 7.75. The van der Waals surface area contributed by atoms with Crippen molar-refractivity contribution in [2.45, 2.75) is 6.42 Å². The molecule has 0 aliphatic heterocycles. The van der Waals surface area contributed by atoms with Crippen LogP contribution in [-0.2, 0) is 6.42 Å². The fraction of sp³-hybridized carbons (Fsp3) is 0.231. The zero-order valence-electron chi connectivity index (χ0n) is 9.59. The predicted molar refractivity (Wildman–Crippen MR) is 65.6 cm³/mol. The van der Waals surface area contributed by atoms with Crippen molar-refractivity contribution < 1.29 is 0 Å². The summed E-state index contributed by atoms with van der Waals surface area (Å²) in [5.74, 6) is 0. The molecule has 0 N–H and O–H groups in total. The van der Waals surface area contributed by atoms with Gasteiger partial charge in [0.25, 0.3) is 0 Å². The SMILES string of the molecule is CN(C)c1ccc(Cc2cncnc2)cc1. The van der Waals surface area contributed by atoms with Gasteiger partial charge in [-0.25, -0.2) is 9.97 Å². The van der Waals surface area contributed by atoms with Crippen LogP contribution in [-0.4, -0.2) is 24.1 Å². The topological polar surface area (TPSA) is 29.0 Å². The van der Waals surface area contributed by atoms with E-state index < -0.39 is 0 Å². The molecule has 0 aliphatic carbocycles. The highest BCUT2D eigenvalue weighted by Gasteiger charge is 1.98. The van der Waals surface area contributed by atoms with E-state index in [0.717, 1.165) is 12.0 Å². The molecule has 0 amide bonds. The number of hydrogen-bond donors (Lipinski definition) is 0. The van der Waals surface area contributed by atoms with Gasteiger partial charge >= 0.3 is 0 Å². The average Bonchev–Trinajstić information content (AvgIpc) is 2.31. The number of aromatic nitrogens is 2. The second-order valence-electron chi connectivity index (χ2n) is 3.98. The van der Waals surface area contributed by atoms with Gasteiger partial charge in [0.2, 0.25) is 0 Å². The maximum atomic E-state index is 4.01. The molecule has 16 heavy (non-hydrogen) atoms. The van der Waals surface area contributed by atoms with Gasteiger partial charge < -0.3 is 4.90 Å². The van der Waals surface area contributed by atoms with Crippen molar-refractivity contribution in [3.8, 4) is 0 Å². The Morgan fingerprint density at radius 1 is 0.938 bits per heavy atom. The predicted octanol–water partition coefficient (Wildman–Crippen LogP) is 2.13. The van der Waals surface area contributed by atoms with Gasteiger partial charge in [-0.1, -0.05) is 12.1 Å². The summed E-state index contributed by atoms with van der Waals surface area (Å²) >= 11 is 0. The van der Waals surface area contributed by atoms with E-state index in [1.165, 1.54) is 11.3 Å². The van der Waals surface area contributed by atoms with E-state index in [1.54, 1.807) is 6.33 Å². The third-order valence-corrected chi connectivity index (χ3v) is 2.48. The standard InChI is InChI=1S/C13H15N3/c1-16(2)13-5-3-11(4-6-13)7-12-8-14-10-15-9-12/h3-6,8-10H,7H2,1-2H3. The molecule has 0 saturated carbocycles. The summed E-state index contributed by atoms with van der Waals surface area (Å²) in [5, 5.41) is 0. The van der Waals surface area contributed by atoms with Crippen LogP contribution in [0, 0.1) is 0 Å². The van der Waals surface area contributed by atoms with Crippen LogP contribution in [0.5, 0.6) is 0 Å². The lowest BCUT2D eigenvalue weighted by molar-refractivity contribution is 1.07. The van der Waals surface area contributed by atoms with Crippen LogP contribution in [0.15, 0.2) is 43.0 Å². The maximum absolute atomic E-state index is 4.01. The molecule has 1 heterocycles. The Hall–Kier alpha value is -1.90. The van der Waals surface area contributed by atoms with Crippen LogP contribution in [0.1, 0.15) is 11.1 Å². The van der Waals surface area contributed by atoms with Crippen molar-refractivity contribution >= 4 is 5.69 Å². The largest absolute Gasteiger partial charge is 0.378 e. The van der Waals surface area contributed by atoms with E-state index in [1.807, 2.05) is 26.5 Å². The van der Waals surface area contributed by atoms with Crippen LogP contribution in [0.25, 0.3) is 0 Å². The van der Waals surface area contributed by atoms with E-state index in [9.17, 15) is 0 Å². The molecule has 1 aromatic carbocycles. The second-order valence-corrected chi connectivity index (χ2v) is 3.98. The smallest absolute Gasteiger partial charge is 0.115 e. The van der Waals surface area contributed by atoms with Gasteiger partial charge in [0, 0.05) is 38.6 Å². The van der Waals surface area contributed by atoms with Crippen molar-refractivity contribution in [1.29, 1.82) is 0 Å². The summed E-state index contributed by atoms with van der Waals surface area (Å²) in [7, 11) is 4.08. The van der Waals surface area contributed by atoms with Crippen molar-refractivity contribution in [3.05, 3.63) is 54.1 Å². The molecule has 0 unspecified atom stereocenters. The summed E-state index contributed by atoms with van der Waals surface area (Å²) in [6, 6.07) is 8.53. The van der Waals surface area contributed by atoms with E-state index in [4.69, 9.17) is 0 Å². The molecule has 0 atom stereocenters. The van der Waals surface area contributed by atoms with Gasteiger partial charge in [-0.05, 0) is 23.3 Å². The van der Waals surface area contributed by atoms with Gasteiger partial charge in [-0.15, -0.1) is 0 Å². The first kappa shape index (κ1) is 10.6. The summed E-state index contributed by atoms with van der Waals surface area (Å²) in [6.45, 7) is 0. The third kappa shape index (κ3) is 2.57. The lowest BCUT2D eigenvalue weighted by Gasteiger charge is -2.12. The minimum atomic E-state index is 0.883. The molecule has 2 aromatic rings. The highest BCUT2D eigenvalue weighted by molar-refractivity contribution is 5.46. The van der Waals surface area contributed by atoms with Crippen molar-refractivity contribution in [3.63, 3.8) is 0 Å². The van der Waals surface area contributed by atoms with Gasteiger partial charge in [-0.2, -0.15) is 0 Å². The molecule has 3 heteroatoms. The van der Waals surface area contributed by atoms with Crippen LogP contribution in [0.3, 0.4) is 0 Å². The normalized spacial score (nSPS) is 10.1. The van der Waals surface area contributed by atoms with E-state index in [0.29, 0.717) is 0 Å². The molecular weight excluding hydrogens is 198 g/mol. The molecule has 82 valence electrons. The molecular formula is C13H15N3. The number of anilines is 1. The summed E-state index contributed by atoms with van der Waals surface area (Å²) in [5.41, 5.74) is 3.63. The van der Waals surface area contributed by atoms with Gasteiger partial charge in [-0.3, -0.25) is 0 Å². The molecule has 3 nitrogen and oxygen atoms in total. The van der Waals surface area contributed by atoms with E-state index in [-0.39, 0.29) is 0 Å². The minimum Gasteiger partial charge on any atom is -0.378 e. The fourth-order valence-corrected chi connectivity index (χ4v) is 1.57. The van der Waals surface area contributed by atoms with Crippen molar-refractivity contribution in [2.24, 2.45) is 0 Å². The highest BCUT2D eigenvalue weighted by Crippen LogP contribution is 2.14. The van der Waals surface area contributed by atoms with Crippen LogP contribution < -0.4 is 4.90 Å². The Bertz CT molecular complexity index is 434. The Kier molecular flexibility index (Phi) is 3.15. The summed E-state index contributed by atoms with van der Waals surface area (Å²) in [4.78, 5) is 10.1. The maximum Gasteiger partial charge on any atom is 0.115 e. The second kappa shape index (κ2) is 4.75. The third-order valence-electron chi connectivity index (χ3n) is 2.48.